The number of aromatic carboxylic acids is 1. The highest BCUT2D eigenvalue weighted by Gasteiger charge is 2.72. The van der Waals surface area contributed by atoms with Crippen molar-refractivity contribution in [1.29, 1.82) is 0 Å². The molecule has 3 aromatic rings. The van der Waals surface area contributed by atoms with Crippen LogP contribution in [0, 0.1) is 5.92 Å². The molecule has 2 bridgehead atoms. The molecule has 34 heavy (non-hydrogen) atoms. The number of carboxylic acids is 1. The Kier molecular flexibility index (Phi) is 3.38. The Morgan fingerprint density at radius 1 is 1.24 bits per heavy atom. The lowest BCUT2D eigenvalue weighted by molar-refractivity contribution is -0.173. The van der Waals surface area contributed by atoms with Crippen molar-refractivity contribution in [2.75, 3.05) is 13.1 Å². The molecular formula is C27H26N2O5. The van der Waals surface area contributed by atoms with Crippen LogP contribution in [0.2, 0.25) is 0 Å². The fraction of sp³-hybridized carbons (Fsp3) is 0.444. The van der Waals surface area contributed by atoms with E-state index in [4.69, 9.17) is 4.74 Å². The van der Waals surface area contributed by atoms with Gasteiger partial charge in [-0.05, 0) is 61.4 Å². The van der Waals surface area contributed by atoms with Crippen molar-refractivity contribution < 1.29 is 24.9 Å². The third-order valence-electron chi connectivity index (χ3n) is 9.43. The predicted octanol–water partition coefficient (Wildman–Crippen LogP) is 3.27. The number of aliphatic hydroxyl groups is 1. The third-order valence-corrected chi connectivity index (χ3v) is 9.43. The minimum Gasteiger partial charge on any atom is -0.504 e. The van der Waals surface area contributed by atoms with Gasteiger partial charge < -0.3 is 25.0 Å². The average Bonchev–Trinajstić information content (AvgIpc) is 3.44. The predicted molar refractivity (Wildman–Crippen MR) is 123 cm³/mol. The van der Waals surface area contributed by atoms with E-state index in [1.165, 1.54) is 12.8 Å². The summed E-state index contributed by atoms with van der Waals surface area (Å²) in [6.45, 7) is 1.90. The molecule has 4 atom stereocenters. The molecule has 5 aliphatic rings. The number of nitrogens with zero attached hydrogens (tertiary/aromatic N) is 1. The average molecular weight is 459 g/mol. The molecule has 3 aliphatic carbocycles. The van der Waals surface area contributed by atoms with Crippen molar-refractivity contribution in [3.63, 3.8) is 0 Å². The first-order chi connectivity index (χ1) is 16.4. The number of piperidine rings is 1. The number of ether oxygens (including phenoxy) is 1. The van der Waals surface area contributed by atoms with Gasteiger partial charge in [-0.1, -0.05) is 18.2 Å². The second-order valence-electron chi connectivity index (χ2n) is 11.0. The number of para-hydroxylation sites is 1. The van der Waals surface area contributed by atoms with Gasteiger partial charge in [-0.25, -0.2) is 4.79 Å². The summed E-state index contributed by atoms with van der Waals surface area (Å²) >= 11 is 0. The number of aromatic nitrogens is 1. The molecule has 0 radical (unpaired) electrons. The molecule has 1 spiro atoms. The number of phenolic OH excluding ortho intramolecular Hbond substituents is 1. The zero-order valence-corrected chi connectivity index (χ0v) is 18.7. The maximum atomic E-state index is 12.8. The molecular weight excluding hydrogens is 432 g/mol. The summed E-state index contributed by atoms with van der Waals surface area (Å²) in [6, 6.07) is 8.97. The lowest BCUT2D eigenvalue weighted by atomic mass is 9.49. The fourth-order valence-electron chi connectivity index (χ4n) is 7.82. The summed E-state index contributed by atoms with van der Waals surface area (Å²) < 4.78 is 6.55. The van der Waals surface area contributed by atoms with Crippen LogP contribution in [0.25, 0.3) is 10.9 Å². The van der Waals surface area contributed by atoms with E-state index in [1.807, 2.05) is 12.1 Å². The number of H-pyrrole nitrogens is 1. The Balaban J connectivity index is 1.42. The second-order valence-corrected chi connectivity index (χ2v) is 11.0. The van der Waals surface area contributed by atoms with Crippen molar-refractivity contribution in [3.05, 3.63) is 58.3 Å². The van der Waals surface area contributed by atoms with Crippen LogP contribution in [-0.4, -0.2) is 55.9 Å². The molecule has 2 aromatic carbocycles. The molecule has 1 aromatic heterocycles. The van der Waals surface area contributed by atoms with Crippen LogP contribution in [0.5, 0.6) is 11.5 Å². The molecule has 2 fully saturated rings. The summed E-state index contributed by atoms with van der Waals surface area (Å²) in [5.74, 6) is 0.325. The molecule has 1 saturated carbocycles. The Labute approximate surface area is 196 Å². The van der Waals surface area contributed by atoms with Crippen LogP contribution < -0.4 is 4.74 Å². The number of hydrogen-bond donors (Lipinski definition) is 4. The highest BCUT2D eigenvalue weighted by Crippen LogP contribution is 2.69. The number of aromatic amines is 1. The number of rotatable bonds is 3. The largest absolute Gasteiger partial charge is 0.504 e. The van der Waals surface area contributed by atoms with Gasteiger partial charge in [-0.15, -0.1) is 0 Å². The number of likely N-dealkylation sites (tertiary alicyclic amines) is 1. The molecule has 0 amide bonds. The maximum absolute atomic E-state index is 12.8. The Morgan fingerprint density at radius 3 is 2.88 bits per heavy atom. The summed E-state index contributed by atoms with van der Waals surface area (Å²) in [6.07, 6.45) is 3.92. The molecule has 3 unspecified atom stereocenters. The van der Waals surface area contributed by atoms with Crippen LogP contribution in [0.4, 0.5) is 0 Å². The van der Waals surface area contributed by atoms with E-state index in [9.17, 15) is 20.1 Å². The minimum atomic E-state index is -1.07. The zero-order valence-electron chi connectivity index (χ0n) is 18.7. The van der Waals surface area contributed by atoms with Gasteiger partial charge in [-0.3, -0.25) is 4.90 Å². The number of hydrogen-bond acceptors (Lipinski definition) is 5. The van der Waals surface area contributed by atoms with Crippen molar-refractivity contribution in [1.82, 2.24) is 9.88 Å². The molecule has 4 N–H and O–H groups in total. The quantitative estimate of drug-likeness (QED) is 0.480. The van der Waals surface area contributed by atoms with E-state index < -0.39 is 23.1 Å². The number of nitrogens with one attached hydrogen (secondary N) is 1. The number of aromatic hydroxyl groups is 1. The van der Waals surface area contributed by atoms with Crippen molar-refractivity contribution in [2.24, 2.45) is 5.92 Å². The molecule has 7 heteroatoms. The summed E-state index contributed by atoms with van der Waals surface area (Å²) in [7, 11) is 0. The van der Waals surface area contributed by atoms with Crippen LogP contribution in [0.15, 0.2) is 30.3 Å². The number of carboxylic acid groups (broad SMARTS) is 1. The van der Waals surface area contributed by atoms with Gasteiger partial charge in [0, 0.05) is 30.0 Å². The van der Waals surface area contributed by atoms with Crippen LogP contribution >= 0.6 is 0 Å². The Bertz CT molecular complexity index is 1420. The van der Waals surface area contributed by atoms with Gasteiger partial charge in [0.05, 0.1) is 27.8 Å². The van der Waals surface area contributed by atoms with Crippen molar-refractivity contribution in [2.45, 2.75) is 55.3 Å². The van der Waals surface area contributed by atoms with Crippen molar-refractivity contribution in [3.8, 4) is 11.5 Å². The van der Waals surface area contributed by atoms with Gasteiger partial charge in [-0.2, -0.15) is 0 Å². The second kappa shape index (κ2) is 5.96. The monoisotopic (exact) mass is 458 g/mol. The summed E-state index contributed by atoms with van der Waals surface area (Å²) in [4.78, 5) is 17.9. The van der Waals surface area contributed by atoms with Crippen LogP contribution in [0.3, 0.4) is 0 Å². The van der Waals surface area contributed by atoms with Gasteiger partial charge >= 0.3 is 5.97 Å². The van der Waals surface area contributed by atoms with E-state index in [1.54, 1.807) is 18.2 Å². The molecule has 2 aliphatic heterocycles. The fourth-order valence-corrected chi connectivity index (χ4v) is 7.82. The normalized spacial score (nSPS) is 32.9. The van der Waals surface area contributed by atoms with E-state index in [-0.39, 0.29) is 17.4 Å². The van der Waals surface area contributed by atoms with E-state index in [0.717, 1.165) is 59.6 Å². The number of benzene rings is 2. The summed E-state index contributed by atoms with van der Waals surface area (Å²) in [5, 5.41) is 34.2. The van der Waals surface area contributed by atoms with Gasteiger partial charge in [0.2, 0.25) is 0 Å². The van der Waals surface area contributed by atoms with Crippen LogP contribution in [0.1, 0.15) is 58.1 Å². The first-order valence-electron chi connectivity index (χ1n) is 12.3. The van der Waals surface area contributed by atoms with E-state index in [2.05, 4.69) is 9.88 Å². The Morgan fingerprint density at radius 2 is 2.09 bits per heavy atom. The lowest BCUT2D eigenvalue weighted by Crippen LogP contribution is -2.74. The number of phenols is 1. The smallest absolute Gasteiger partial charge is 0.337 e. The van der Waals surface area contributed by atoms with E-state index >= 15 is 0 Å². The highest BCUT2D eigenvalue weighted by molar-refractivity contribution is 6.03. The standard InChI is InChI=1S/C27H26N2O5/c30-18-7-6-14-10-19-27(33)11-17-15-2-1-3-16(25(31)32)21(15)28-22(17)24-26(27,20(14)23(18)34-24)8-9-29(19)12-13-4-5-13/h1-3,6-7,13,19,24,28,30,33H,4-5,8-12H2,(H,31,32)/t19?,24?,26?,27-/m1/s1. The summed E-state index contributed by atoms with van der Waals surface area (Å²) in [5.41, 5.74) is 2.95. The van der Waals surface area contributed by atoms with Gasteiger partial charge in [0.15, 0.2) is 17.6 Å². The molecule has 1 saturated heterocycles. The first kappa shape index (κ1) is 19.3. The third kappa shape index (κ3) is 2.06. The molecule has 8 rings (SSSR count). The van der Waals surface area contributed by atoms with Crippen LogP contribution in [-0.2, 0) is 18.3 Å². The Hall–Kier alpha value is -3.03. The zero-order chi connectivity index (χ0) is 23.0. The van der Waals surface area contributed by atoms with Gasteiger partial charge in [0.25, 0.3) is 0 Å². The first-order valence-corrected chi connectivity index (χ1v) is 12.3. The lowest BCUT2D eigenvalue weighted by Gasteiger charge is -2.62. The number of fused-ring (bicyclic) bond motifs is 4. The van der Waals surface area contributed by atoms with E-state index in [0.29, 0.717) is 17.7 Å². The minimum absolute atomic E-state index is 0.0447. The molecule has 3 heterocycles. The van der Waals surface area contributed by atoms with Crippen molar-refractivity contribution >= 4 is 16.9 Å². The maximum Gasteiger partial charge on any atom is 0.337 e. The molecule has 7 nitrogen and oxygen atoms in total. The number of carbonyl (C=O) groups is 1. The topological polar surface area (TPSA) is 106 Å². The highest BCUT2D eigenvalue weighted by atomic mass is 16.5. The SMILES string of the molecule is O=C(O)c1cccc2c3c([nH]c12)C1Oc2c(O)ccc4c2C12CCN(CC1CC1)C(C4)[C@]2(O)C3. The molecule has 174 valence electrons. The van der Waals surface area contributed by atoms with Gasteiger partial charge in [0.1, 0.15) is 0 Å².